The average Bonchev–Trinajstić information content (AvgIpc) is 2.31. The van der Waals surface area contributed by atoms with E-state index in [0.29, 0.717) is 6.42 Å². The van der Waals surface area contributed by atoms with E-state index in [1.165, 1.54) is 0 Å². The fourth-order valence-electron chi connectivity index (χ4n) is 1.98. The average molecular weight is 359 g/mol. The van der Waals surface area contributed by atoms with Gasteiger partial charge in [-0.15, -0.1) is 0 Å². The minimum atomic E-state index is -5.38. The van der Waals surface area contributed by atoms with Gasteiger partial charge in [-0.2, -0.15) is 0 Å². The Labute approximate surface area is 130 Å². The van der Waals surface area contributed by atoms with Crippen LogP contribution in [0.5, 0.6) is 0 Å². The molecule has 0 rings (SSSR count). The van der Waals surface area contributed by atoms with Crippen LogP contribution < -0.4 is 5.73 Å². The molecular weight excluding hydrogens is 332 g/mol. The number of nitrogens with two attached hydrogens (primary N) is 1. The lowest BCUT2D eigenvalue weighted by Gasteiger charge is -2.33. The van der Waals surface area contributed by atoms with E-state index in [-0.39, 0.29) is 0 Å². The first-order valence-corrected chi connectivity index (χ1v) is 10.3. The highest BCUT2D eigenvalue weighted by molar-refractivity contribution is 7.72. The molecule has 132 valence electrons. The molecule has 0 fully saturated rings. The lowest BCUT2D eigenvalue weighted by atomic mass is 9.81. The molecular formula is C12H27NO7P2. The molecule has 0 spiro atoms. The Kier molecular flexibility index (Phi) is 7.64. The molecule has 0 unspecified atom stereocenters. The highest BCUT2D eigenvalue weighted by Crippen LogP contribution is 2.67. The number of ketones is 1. The summed E-state index contributed by atoms with van der Waals surface area (Å²) in [5, 5.41) is -3.17. The second-order valence-electron chi connectivity index (χ2n) is 6.26. The maximum absolute atomic E-state index is 12.3. The molecule has 22 heavy (non-hydrogen) atoms. The first-order valence-electron chi connectivity index (χ1n) is 7.12. The largest absolute Gasteiger partial charge is 0.358 e. The molecule has 10 heteroatoms. The van der Waals surface area contributed by atoms with Crippen molar-refractivity contribution in [2.45, 2.75) is 64.3 Å². The normalized spacial score (nSPS) is 14.2. The second kappa shape index (κ2) is 7.67. The maximum Gasteiger partial charge on any atom is 0.358 e. The van der Waals surface area contributed by atoms with Gasteiger partial charge >= 0.3 is 15.2 Å². The van der Waals surface area contributed by atoms with Gasteiger partial charge in [-0.25, -0.2) is 0 Å². The predicted molar refractivity (Wildman–Crippen MR) is 83.2 cm³/mol. The van der Waals surface area contributed by atoms with Crippen LogP contribution in [-0.4, -0.2) is 30.4 Å². The van der Waals surface area contributed by atoms with Gasteiger partial charge in [0.05, 0.1) is 0 Å². The van der Waals surface area contributed by atoms with Crippen molar-refractivity contribution in [2.24, 2.45) is 11.1 Å². The molecule has 0 saturated carbocycles. The van der Waals surface area contributed by atoms with E-state index in [0.717, 1.165) is 25.7 Å². The highest BCUT2D eigenvalue weighted by Gasteiger charge is 2.59. The van der Waals surface area contributed by atoms with E-state index in [1.807, 2.05) is 6.92 Å². The van der Waals surface area contributed by atoms with Gasteiger partial charge in [-0.3, -0.25) is 13.9 Å². The van der Waals surface area contributed by atoms with Crippen LogP contribution in [0.2, 0.25) is 0 Å². The summed E-state index contributed by atoms with van der Waals surface area (Å²) in [5.74, 6) is -0.668. The van der Waals surface area contributed by atoms with E-state index in [4.69, 9.17) is 5.73 Å². The SMILES string of the molecule is CCCCCCC(C)(C)C(=O)CC(N)(P(=O)(O)O)P(=O)(O)O. The van der Waals surface area contributed by atoms with Crippen LogP contribution in [0.3, 0.4) is 0 Å². The summed E-state index contributed by atoms with van der Waals surface area (Å²) in [5.41, 5.74) is 4.32. The predicted octanol–water partition coefficient (Wildman–Crippen LogP) is 1.91. The molecule has 0 saturated heterocycles. The first kappa shape index (κ1) is 21.9. The van der Waals surface area contributed by atoms with Crippen LogP contribution >= 0.6 is 15.2 Å². The van der Waals surface area contributed by atoms with Crippen LogP contribution in [-0.2, 0) is 13.9 Å². The number of unbranched alkanes of at least 4 members (excludes halogenated alkanes) is 3. The molecule has 0 aromatic heterocycles. The van der Waals surface area contributed by atoms with Gasteiger partial charge in [0.25, 0.3) is 0 Å². The molecule has 6 N–H and O–H groups in total. The summed E-state index contributed by atoms with van der Waals surface area (Å²) in [6.07, 6.45) is 3.09. The third kappa shape index (κ3) is 5.53. The minimum Gasteiger partial charge on any atom is -0.323 e. The van der Waals surface area contributed by atoms with Crippen LogP contribution in [0, 0.1) is 5.41 Å². The van der Waals surface area contributed by atoms with E-state index < -0.39 is 37.8 Å². The summed E-state index contributed by atoms with van der Waals surface area (Å²) in [7, 11) is -10.8. The first-order chi connectivity index (χ1) is 9.69. The van der Waals surface area contributed by atoms with Crippen LogP contribution in [0.4, 0.5) is 0 Å². The summed E-state index contributed by atoms with van der Waals surface area (Å²) in [4.78, 5) is 49.0. The Morgan fingerprint density at radius 2 is 1.45 bits per heavy atom. The number of carbonyl (C=O) groups is 1. The Morgan fingerprint density at radius 1 is 1.00 bits per heavy atom. The van der Waals surface area contributed by atoms with E-state index in [1.54, 1.807) is 13.8 Å². The number of carbonyl (C=O) groups excluding carboxylic acids is 1. The summed E-state index contributed by atoms with van der Waals surface area (Å²) >= 11 is 0. The third-order valence-electron chi connectivity index (χ3n) is 3.84. The van der Waals surface area contributed by atoms with Gasteiger partial charge < -0.3 is 25.3 Å². The van der Waals surface area contributed by atoms with Crippen molar-refractivity contribution in [2.75, 3.05) is 0 Å². The zero-order valence-corrected chi connectivity index (χ0v) is 15.0. The molecule has 0 bridgehead atoms. The zero-order chi connectivity index (χ0) is 17.8. The third-order valence-corrected chi connectivity index (χ3v) is 7.74. The van der Waals surface area contributed by atoms with E-state index in [9.17, 15) is 33.5 Å². The summed E-state index contributed by atoms with van der Waals surface area (Å²) in [6, 6.07) is 0. The topological polar surface area (TPSA) is 158 Å². The Balaban J connectivity index is 5.13. The van der Waals surface area contributed by atoms with Gasteiger partial charge in [-0.05, 0) is 6.42 Å². The van der Waals surface area contributed by atoms with Gasteiger partial charge in [-0.1, -0.05) is 46.5 Å². The zero-order valence-electron chi connectivity index (χ0n) is 13.2. The van der Waals surface area contributed by atoms with Crippen molar-refractivity contribution in [1.29, 1.82) is 0 Å². The minimum absolute atomic E-state index is 0.463. The molecule has 0 aliphatic rings. The number of hydrogen-bond acceptors (Lipinski definition) is 4. The lowest BCUT2D eigenvalue weighted by molar-refractivity contribution is -0.128. The number of Topliss-reactive ketones (excluding diaryl/α,β-unsaturated/α-hetero) is 1. The Bertz CT molecular complexity index is 458. The number of rotatable bonds is 10. The molecule has 0 amide bonds. The quantitative estimate of drug-likeness (QED) is 0.292. The van der Waals surface area contributed by atoms with Crippen LogP contribution in [0.15, 0.2) is 0 Å². The maximum atomic E-state index is 12.3. The number of hydrogen-bond donors (Lipinski definition) is 5. The molecule has 0 aliphatic carbocycles. The second-order valence-corrected chi connectivity index (χ2v) is 10.4. The van der Waals surface area contributed by atoms with E-state index >= 15 is 0 Å². The summed E-state index contributed by atoms with van der Waals surface area (Å²) in [6.45, 7) is 5.21. The Morgan fingerprint density at radius 3 is 1.82 bits per heavy atom. The molecule has 0 radical (unpaired) electrons. The molecule has 0 aromatic carbocycles. The van der Waals surface area contributed by atoms with Crippen molar-refractivity contribution in [3.63, 3.8) is 0 Å². The lowest BCUT2D eigenvalue weighted by Crippen LogP contribution is -2.44. The molecule has 8 nitrogen and oxygen atoms in total. The van der Waals surface area contributed by atoms with Crippen LogP contribution in [0.25, 0.3) is 0 Å². The van der Waals surface area contributed by atoms with Crippen molar-refractivity contribution in [3.8, 4) is 0 Å². The molecule has 0 aromatic rings. The van der Waals surface area contributed by atoms with Crippen molar-refractivity contribution >= 4 is 21.0 Å². The molecule has 0 heterocycles. The standard InChI is InChI=1S/C12H27NO7P2/c1-4-5-6-7-8-11(2,3)10(14)9-12(13,21(15,16)17)22(18,19)20/h4-9,13H2,1-3H3,(H2,15,16,17)(H2,18,19,20). The highest BCUT2D eigenvalue weighted by atomic mass is 31.2. The van der Waals surface area contributed by atoms with Crippen molar-refractivity contribution < 1.29 is 33.5 Å². The van der Waals surface area contributed by atoms with E-state index in [2.05, 4.69) is 0 Å². The van der Waals surface area contributed by atoms with Crippen LogP contribution in [0.1, 0.15) is 59.3 Å². The fraction of sp³-hybridized carbons (Fsp3) is 0.917. The summed E-state index contributed by atoms with van der Waals surface area (Å²) < 4.78 is 22.8. The monoisotopic (exact) mass is 359 g/mol. The van der Waals surface area contributed by atoms with Gasteiger partial charge in [0.1, 0.15) is 5.78 Å². The van der Waals surface area contributed by atoms with Gasteiger partial charge in [0.2, 0.25) is 5.02 Å². The van der Waals surface area contributed by atoms with Crippen molar-refractivity contribution in [3.05, 3.63) is 0 Å². The smallest absolute Gasteiger partial charge is 0.323 e. The molecule has 0 aliphatic heterocycles. The molecule has 0 atom stereocenters. The Hall–Kier alpha value is -0.0700. The fourth-order valence-corrected chi connectivity index (χ4v) is 4.04. The van der Waals surface area contributed by atoms with Gasteiger partial charge in [0.15, 0.2) is 0 Å². The van der Waals surface area contributed by atoms with Crippen molar-refractivity contribution in [1.82, 2.24) is 0 Å². The van der Waals surface area contributed by atoms with Gasteiger partial charge in [0, 0.05) is 11.8 Å².